The number of anilines is 1. The van der Waals surface area contributed by atoms with E-state index in [1.54, 1.807) is 4.90 Å². The molecule has 0 atom stereocenters. The Balaban J connectivity index is 2.01. The molecule has 1 amide bonds. The zero-order valence-corrected chi connectivity index (χ0v) is 10.9. The van der Waals surface area contributed by atoms with Gasteiger partial charge in [-0.05, 0) is 23.8 Å². The van der Waals surface area contributed by atoms with E-state index in [2.05, 4.69) is 17.0 Å². The van der Waals surface area contributed by atoms with Crippen LogP contribution in [0.3, 0.4) is 0 Å². The van der Waals surface area contributed by atoms with Gasteiger partial charge in [-0.25, -0.2) is 0 Å². The summed E-state index contributed by atoms with van der Waals surface area (Å²) in [6, 6.07) is 18.0. The fourth-order valence-corrected chi connectivity index (χ4v) is 2.46. The quantitative estimate of drug-likeness (QED) is 0.779. The molecule has 3 nitrogen and oxygen atoms in total. The molecule has 3 rings (SSSR count). The van der Waals surface area contributed by atoms with E-state index in [0.29, 0.717) is 6.67 Å². The first-order valence-electron chi connectivity index (χ1n) is 6.39. The molecule has 0 N–H and O–H groups in total. The highest BCUT2D eigenvalue weighted by Crippen LogP contribution is 2.23. The molecule has 1 aliphatic rings. The molecule has 0 unspecified atom stereocenters. The van der Waals surface area contributed by atoms with Crippen molar-refractivity contribution in [3.63, 3.8) is 0 Å². The number of carbonyl (C=O) groups excluding carboxylic acids is 1. The Hall–Kier alpha value is -2.29. The lowest BCUT2D eigenvalue weighted by Crippen LogP contribution is -2.35. The summed E-state index contributed by atoms with van der Waals surface area (Å²) in [4.78, 5) is 16.3. The number of hydrogen-bond donors (Lipinski definition) is 0. The second kappa shape index (κ2) is 4.76. The third-order valence-corrected chi connectivity index (χ3v) is 3.46. The van der Waals surface area contributed by atoms with Crippen molar-refractivity contribution in [1.29, 1.82) is 0 Å². The molecule has 19 heavy (non-hydrogen) atoms. The van der Waals surface area contributed by atoms with Crippen LogP contribution in [0.25, 0.3) is 0 Å². The summed E-state index contributed by atoms with van der Waals surface area (Å²) in [5.74, 6) is 0.0917. The first-order chi connectivity index (χ1) is 9.25. The minimum absolute atomic E-state index is 0.0917. The van der Waals surface area contributed by atoms with E-state index < -0.39 is 0 Å². The topological polar surface area (TPSA) is 23.6 Å². The molecule has 0 fully saturated rings. The Morgan fingerprint density at radius 2 is 1.63 bits per heavy atom. The lowest BCUT2D eigenvalue weighted by atomic mass is 10.1. The number of rotatable bonds is 1. The molecule has 0 radical (unpaired) electrons. The second-order valence-electron chi connectivity index (χ2n) is 4.84. The normalized spacial score (nSPS) is 15.1. The first kappa shape index (κ1) is 11.8. The van der Waals surface area contributed by atoms with Crippen LogP contribution in [-0.2, 0) is 6.54 Å². The number of hydrogen-bond acceptors (Lipinski definition) is 2. The molecule has 96 valence electrons. The lowest BCUT2D eigenvalue weighted by Gasteiger charge is -2.26. The van der Waals surface area contributed by atoms with Gasteiger partial charge in [0.1, 0.15) is 0 Å². The van der Waals surface area contributed by atoms with Gasteiger partial charge in [-0.1, -0.05) is 36.4 Å². The monoisotopic (exact) mass is 252 g/mol. The van der Waals surface area contributed by atoms with Crippen molar-refractivity contribution in [3.05, 3.63) is 65.7 Å². The third kappa shape index (κ3) is 2.19. The number of carbonyl (C=O) groups is 1. The van der Waals surface area contributed by atoms with E-state index in [4.69, 9.17) is 0 Å². The molecule has 0 spiro atoms. The van der Waals surface area contributed by atoms with Gasteiger partial charge in [0.2, 0.25) is 0 Å². The minimum Gasteiger partial charge on any atom is -0.349 e. The van der Waals surface area contributed by atoms with Crippen molar-refractivity contribution in [3.8, 4) is 0 Å². The van der Waals surface area contributed by atoms with Crippen LogP contribution in [0.1, 0.15) is 15.9 Å². The predicted molar refractivity (Wildman–Crippen MR) is 76.0 cm³/mol. The van der Waals surface area contributed by atoms with Crippen LogP contribution < -0.4 is 4.90 Å². The van der Waals surface area contributed by atoms with Crippen molar-refractivity contribution in [1.82, 2.24) is 4.90 Å². The fraction of sp³-hybridized carbons (Fsp3) is 0.188. The summed E-state index contributed by atoms with van der Waals surface area (Å²) >= 11 is 0. The third-order valence-electron chi connectivity index (χ3n) is 3.46. The Morgan fingerprint density at radius 3 is 2.42 bits per heavy atom. The Kier molecular flexibility index (Phi) is 2.95. The number of para-hydroxylation sites is 1. The number of benzene rings is 2. The van der Waals surface area contributed by atoms with Crippen LogP contribution in [-0.4, -0.2) is 24.5 Å². The molecule has 1 aliphatic heterocycles. The maximum atomic E-state index is 12.3. The van der Waals surface area contributed by atoms with Crippen LogP contribution in [0.15, 0.2) is 54.6 Å². The van der Waals surface area contributed by atoms with Gasteiger partial charge >= 0.3 is 0 Å². The molecule has 2 aromatic rings. The van der Waals surface area contributed by atoms with E-state index in [1.807, 2.05) is 49.5 Å². The smallest absolute Gasteiger partial charge is 0.255 e. The predicted octanol–water partition coefficient (Wildman–Crippen LogP) is 2.74. The molecule has 0 bridgehead atoms. The van der Waals surface area contributed by atoms with Gasteiger partial charge in [0.25, 0.3) is 5.91 Å². The van der Waals surface area contributed by atoms with Crippen molar-refractivity contribution in [2.45, 2.75) is 6.54 Å². The Bertz CT molecular complexity index is 595. The van der Waals surface area contributed by atoms with Crippen molar-refractivity contribution < 1.29 is 4.79 Å². The molecule has 0 saturated carbocycles. The molecular weight excluding hydrogens is 236 g/mol. The highest BCUT2D eigenvalue weighted by molar-refractivity contribution is 5.96. The van der Waals surface area contributed by atoms with E-state index in [-0.39, 0.29) is 5.91 Å². The zero-order chi connectivity index (χ0) is 13.2. The van der Waals surface area contributed by atoms with Gasteiger partial charge in [-0.15, -0.1) is 0 Å². The van der Waals surface area contributed by atoms with Gasteiger partial charge in [0, 0.05) is 24.8 Å². The van der Waals surface area contributed by atoms with Gasteiger partial charge in [0.05, 0.1) is 6.67 Å². The van der Waals surface area contributed by atoms with Gasteiger partial charge < -0.3 is 9.80 Å². The second-order valence-corrected chi connectivity index (χ2v) is 4.84. The van der Waals surface area contributed by atoms with E-state index >= 15 is 0 Å². The molecule has 2 aromatic carbocycles. The molecule has 3 heteroatoms. The minimum atomic E-state index is 0.0917. The fourth-order valence-electron chi connectivity index (χ4n) is 2.46. The summed E-state index contributed by atoms with van der Waals surface area (Å²) in [6.07, 6.45) is 0. The molecular formula is C16H16N2O. The van der Waals surface area contributed by atoms with Crippen molar-refractivity contribution >= 4 is 11.6 Å². The standard InChI is InChI=1S/C16H16N2O/c1-17-12-18(14-8-3-2-4-9-14)11-13-7-5-6-10-15(13)16(17)19/h2-10H,11-12H2,1H3. The maximum Gasteiger partial charge on any atom is 0.255 e. The Labute approximate surface area is 113 Å². The molecule has 1 heterocycles. The maximum absolute atomic E-state index is 12.3. The summed E-state index contributed by atoms with van der Waals surface area (Å²) in [6.45, 7) is 1.37. The summed E-state index contributed by atoms with van der Waals surface area (Å²) in [5.41, 5.74) is 3.03. The van der Waals surface area contributed by atoms with Crippen LogP contribution >= 0.6 is 0 Å². The highest BCUT2D eigenvalue weighted by Gasteiger charge is 2.23. The summed E-state index contributed by atoms with van der Waals surface area (Å²) < 4.78 is 0. The van der Waals surface area contributed by atoms with E-state index in [0.717, 1.165) is 23.4 Å². The van der Waals surface area contributed by atoms with Gasteiger partial charge in [-0.2, -0.15) is 0 Å². The Morgan fingerprint density at radius 1 is 0.947 bits per heavy atom. The largest absolute Gasteiger partial charge is 0.349 e. The lowest BCUT2D eigenvalue weighted by molar-refractivity contribution is 0.0800. The van der Waals surface area contributed by atoms with Gasteiger partial charge in [-0.3, -0.25) is 4.79 Å². The van der Waals surface area contributed by atoms with Gasteiger partial charge in [0.15, 0.2) is 0 Å². The average Bonchev–Trinajstić information content (AvgIpc) is 2.58. The summed E-state index contributed by atoms with van der Waals surface area (Å²) in [5, 5.41) is 0. The van der Waals surface area contributed by atoms with Crippen LogP contribution in [0.5, 0.6) is 0 Å². The van der Waals surface area contributed by atoms with Crippen molar-refractivity contribution in [2.24, 2.45) is 0 Å². The molecule has 0 aromatic heterocycles. The van der Waals surface area contributed by atoms with Crippen molar-refractivity contribution in [2.75, 3.05) is 18.6 Å². The van der Waals surface area contributed by atoms with E-state index in [9.17, 15) is 4.79 Å². The first-order valence-corrected chi connectivity index (χ1v) is 6.39. The molecule has 0 aliphatic carbocycles. The van der Waals surface area contributed by atoms with Crippen LogP contribution in [0.2, 0.25) is 0 Å². The van der Waals surface area contributed by atoms with Crippen LogP contribution in [0.4, 0.5) is 5.69 Å². The average molecular weight is 252 g/mol. The molecule has 0 saturated heterocycles. The number of fused-ring (bicyclic) bond motifs is 1. The van der Waals surface area contributed by atoms with E-state index in [1.165, 1.54) is 0 Å². The summed E-state index contributed by atoms with van der Waals surface area (Å²) in [7, 11) is 1.85. The number of amides is 1. The zero-order valence-electron chi connectivity index (χ0n) is 10.9. The van der Waals surface area contributed by atoms with Crippen LogP contribution in [0, 0.1) is 0 Å². The SMILES string of the molecule is CN1CN(c2ccccc2)Cc2ccccc2C1=O. The highest BCUT2D eigenvalue weighted by atomic mass is 16.2. The number of nitrogens with zero attached hydrogens (tertiary/aromatic N) is 2.